The predicted octanol–water partition coefficient (Wildman–Crippen LogP) is 3.62. The molecule has 1 aliphatic rings. The highest BCUT2D eigenvalue weighted by molar-refractivity contribution is 7.99. The molecule has 0 radical (unpaired) electrons. The highest BCUT2D eigenvalue weighted by atomic mass is 32.2. The lowest BCUT2D eigenvalue weighted by molar-refractivity contribution is -0.130. The molecule has 0 aromatic heterocycles. The number of carbonyl (C=O) groups is 1. The first-order valence-electron chi connectivity index (χ1n) is 8.24. The minimum Gasteiger partial charge on any atom is -0.381 e. The molecule has 1 aromatic rings. The second-order valence-electron chi connectivity index (χ2n) is 5.84. The molecule has 1 aliphatic heterocycles. The molecule has 0 spiro atoms. The van der Waals surface area contributed by atoms with Crippen LogP contribution in [0.3, 0.4) is 0 Å². The number of nitrogens with zero attached hydrogens (tertiary/aromatic N) is 1. The molecule has 1 amide bonds. The lowest BCUT2D eigenvalue weighted by Gasteiger charge is -2.31. The van der Waals surface area contributed by atoms with Crippen LogP contribution in [0, 0.1) is 5.92 Å². The maximum Gasteiger partial charge on any atom is 0.219 e. The van der Waals surface area contributed by atoms with Crippen LogP contribution >= 0.6 is 11.8 Å². The molecule has 2 rings (SSSR count). The molecule has 1 fully saturated rings. The van der Waals surface area contributed by atoms with Crippen LogP contribution < -0.4 is 0 Å². The summed E-state index contributed by atoms with van der Waals surface area (Å²) in [7, 11) is 0. The summed E-state index contributed by atoms with van der Waals surface area (Å²) in [4.78, 5) is 14.6. The molecule has 0 N–H and O–H groups in total. The summed E-state index contributed by atoms with van der Waals surface area (Å²) in [5.41, 5.74) is 1.41. The van der Waals surface area contributed by atoms with Gasteiger partial charge in [-0.25, -0.2) is 0 Å². The van der Waals surface area contributed by atoms with Crippen molar-refractivity contribution >= 4 is 17.7 Å². The van der Waals surface area contributed by atoms with E-state index in [-0.39, 0.29) is 5.91 Å². The first-order chi connectivity index (χ1) is 10.7. The van der Waals surface area contributed by atoms with Gasteiger partial charge in [-0.2, -0.15) is 0 Å². The van der Waals surface area contributed by atoms with Crippen molar-refractivity contribution in [2.24, 2.45) is 5.92 Å². The zero-order valence-electron chi connectivity index (χ0n) is 13.7. The van der Waals surface area contributed by atoms with Crippen molar-refractivity contribution in [1.29, 1.82) is 0 Å². The van der Waals surface area contributed by atoms with Gasteiger partial charge in [-0.3, -0.25) is 4.79 Å². The number of benzene rings is 1. The Kier molecular flexibility index (Phi) is 7.26. The second-order valence-corrected chi connectivity index (χ2v) is 7.01. The van der Waals surface area contributed by atoms with Crippen molar-refractivity contribution in [3.63, 3.8) is 0 Å². The number of hydrogen-bond acceptors (Lipinski definition) is 3. The number of hydrogen-bond donors (Lipinski definition) is 0. The molecule has 4 heteroatoms. The molecule has 1 saturated heterocycles. The fourth-order valence-corrected chi connectivity index (χ4v) is 3.64. The number of carbonyl (C=O) groups excluding carboxylic acids is 1. The van der Waals surface area contributed by atoms with Crippen molar-refractivity contribution in [1.82, 2.24) is 4.90 Å². The summed E-state index contributed by atoms with van der Waals surface area (Å²) in [5.74, 6) is 1.94. The molecule has 0 aliphatic carbocycles. The third-order valence-electron chi connectivity index (χ3n) is 4.21. The first kappa shape index (κ1) is 17.4. The van der Waals surface area contributed by atoms with Crippen molar-refractivity contribution in [3.8, 4) is 0 Å². The minimum absolute atomic E-state index is 0.215. The van der Waals surface area contributed by atoms with E-state index in [4.69, 9.17) is 4.74 Å². The zero-order valence-corrected chi connectivity index (χ0v) is 14.5. The van der Waals surface area contributed by atoms with E-state index >= 15 is 0 Å². The summed E-state index contributed by atoms with van der Waals surface area (Å²) in [6.07, 6.45) is 3.39. The van der Waals surface area contributed by atoms with E-state index in [0.717, 1.165) is 51.3 Å². The van der Waals surface area contributed by atoms with Crippen LogP contribution in [0.2, 0.25) is 0 Å². The Balaban J connectivity index is 1.73. The van der Waals surface area contributed by atoms with Gasteiger partial charge in [0.15, 0.2) is 0 Å². The molecular weight excluding hydrogens is 294 g/mol. The van der Waals surface area contributed by atoms with E-state index in [1.165, 1.54) is 10.5 Å². The van der Waals surface area contributed by atoms with E-state index in [9.17, 15) is 4.79 Å². The van der Waals surface area contributed by atoms with Crippen LogP contribution in [0.1, 0.15) is 32.3 Å². The highest BCUT2D eigenvalue weighted by Gasteiger charge is 2.20. The van der Waals surface area contributed by atoms with E-state index in [1.807, 2.05) is 23.6 Å². The Morgan fingerprint density at radius 3 is 2.55 bits per heavy atom. The molecule has 0 atom stereocenters. The first-order valence-corrected chi connectivity index (χ1v) is 9.22. The Morgan fingerprint density at radius 2 is 1.95 bits per heavy atom. The maximum atomic E-state index is 11.3. The van der Waals surface area contributed by atoms with Gasteiger partial charge in [0.2, 0.25) is 5.91 Å². The lowest BCUT2D eigenvalue weighted by Crippen LogP contribution is -2.37. The number of amides is 1. The quantitative estimate of drug-likeness (QED) is 0.567. The zero-order chi connectivity index (χ0) is 15.8. The summed E-state index contributed by atoms with van der Waals surface area (Å²) in [6, 6.07) is 8.94. The Hall–Kier alpha value is -1.00. The Bertz CT molecular complexity index is 453. The van der Waals surface area contributed by atoms with Crippen LogP contribution in [-0.4, -0.2) is 42.9 Å². The molecule has 1 heterocycles. The second kappa shape index (κ2) is 9.21. The van der Waals surface area contributed by atoms with Gasteiger partial charge in [0.1, 0.15) is 0 Å². The molecule has 0 unspecified atom stereocenters. The number of thioether (sulfide) groups is 1. The Morgan fingerprint density at radius 1 is 1.27 bits per heavy atom. The van der Waals surface area contributed by atoms with Gasteiger partial charge in [-0.05, 0) is 49.8 Å². The van der Waals surface area contributed by atoms with Gasteiger partial charge < -0.3 is 9.64 Å². The van der Waals surface area contributed by atoms with E-state index in [0.29, 0.717) is 5.92 Å². The van der Waals surface area contributed by atoms with Gasteiger partial charge >= 0.3 is 0 Å². The topological polar surface area (TPSA) is 29.5 Å². The number of rotatable bonds is 7. The van der Waals surface area contributed by atoms with Crippen molar-refractivity contribution in [3.05, 3.63) is 29.8 Å². The molecular formula is C18H27NO2S. The Labute approximate surface area is 138 Å². The monoisotopic (exact) mass is 321 g/mol. The van der Waals surface area contributed by atoms with Crippen LogP contribution in [0.25, 0.3) is 0 Å². The van der Waals surface area contributed by atoms with E-state index < -0.39 is 0 Å². The highest BCUT2D eigenvalue weighted by Crippen LogP contribution is 2.24. The van der Waals surface area contributed by atoms with Gasteiger partial charge in [-0.15, -0.1) is 11.8 Å². The average molecular weight is 321 g/mol. The standard InChI is InChI=1S/C18H27NO2S/c1-3-21-12-13-22-18-6-4-16(5-7-18)14-17-8-10-19(11-9-17)15(2)20/h4-7,17H,3,8-14H2,1-2H3. The van der Waals surface area contributed by atoms with Crippen LogP contribution in [0.15, 0.2) is 29.2 Å². The van der Waals surface area contributed by atoms with Gasteiger partial charge in [-0.1, -0.05) is 12.1 Å². The molecule has 122 valence electrons. The molecule has 1 aromatic carbocycles. The number of likely N-dealkylation sites (tertiary alicyclic amines) is 1. The normalized spacial score (nSPS) is 16.0. The number of piperidine rings is 1. The number of ether oxygens (including phenoxy) is 1. The molecule has 0 bridgehead atoms. The van der Waals surface area contributed by atoms with Crippen LogP contribution in [0.4, 0.5) is 0 Å². The fourth-order valence-electron chi connectivity index (χ4n) is 2.87. The van der Waals surface area contributed by atoms with E-state index in [2.05, 4.69) is 24.3 Å². The molecule has 0 saturated carbocycles. The fraction of sp³-hybridized carbons (Fsp3) is 0.611. The summed E-state index contributed by atoms with van der Waals surface area (Å²) >= 11 is 1.85. The van der Waals surface area contributed by atoms with Gasteiger partial charge in [0.25, 0.3) is 0 Å². The van der Waals surface area contributed by atoms with Gasteiger partial charge in [0.05, 0.1) is 6.61 Å². The minimum atomic E-state index is 0.215. The average Bonchev–Trinajstić information content (AvgIpc) is 2.54. The third-order valence-corrected chi connectivity index (χ3v) is 5.18. The summed E-state index contributed by atoms with van der Waals surface area (Å²) in [6.45, 7) is 7.15. The SMILES string of the molecule is CCOCCSc1ccc(CC2CCN(C(C)=O)CC2)cc1. The van der Waals surface area contributed by atoms with Crippen LogP contribution in [0.5, 0.6) is 0 Å². The molecule has 3 nitrogen and oxygen atoms in total. The lowest BCUT2D eigenvalue weighted by atomic mass is 9.90. The van der Waals surface area contributed by atoms with Crippen molar-refractivity contribution in [2.75, 3.05) is 32.1 Å². The van der Waals surface area contributed by atoms with Gasteiger partial charge in [0, 0.05) is 37.3 Å². The molecule has 22 heavy (non-hydrogen) atoms. The smallest absolute Gasteiger partial charge is 0.219 e. The van der Waals surface area contributed by atoms with E-state index in [1.54, 1.807) is 6.92 Å². The third kappa shape index (κ3) is 5.65. The van der Waals surface area contributed by atoms with Crippen molar-refractivity contribution in [2.45, 2.75) is 38.0 Å². The predicted molar refractivity (Wildman–Crippen MR) is 92.3 cm³/mol. The van der Waals surface area contributed by atoms with Crippen LogP contribution in [-0.2, 0) is 16.0 Å². The summed E-state index contributed by atoms with van der Waals surface area (Å²) in [5, 5.41) is 0. The summed E-state index contributed by atoms with van der Waals surface area (Å²) < 4.78 is 5.36. The largest absolute Gasteiger partial charge is 0.381 e. The van der Waals surface area contributed by atoms with Crippen molar-refractivity contribution < 1.29 is 9.53 Å². The maximum absolute atomic E-state index is 11.3.